The number of ether oxygens (including phenoxy) is 1. The lowest BCUT2D eigenvalue weighted by atomic mass is 10.5. The van der Waals surface area contributed by atoms with E-state index in [0.29, 0.717) is 6.42 Å². The SMILES string of the molecule is C=COC(=O)CC.CC#N. The van der Waals surface area contributed by atoms with Crippen molar-refractivity contribution in [1.82, 2.24) is 0 Å². The fraction of sp³-hybridized carbons (Fsp3) is 0.429. The third kappa shape index (κ3) is 15.9. The minimum absolute atomic E-state index is 0.241. The zero-order valence-electron chi connectivity index (χ0n) is 6.26. The van der Waals surface area contributed by atoms with Crippen molar-refractivity contribution in [3.8, 4) is 6.07 Å². The van der Waals surface area contributed by atoms with Crippen LogP contribution in [0.1, 0.15) is 20.3 Å². The van der Waals surface area contributed by atoms with Crippen molar-refractivity contribution in [2.75, 3.05) is 0 Å². The second-order valence-electron chi connectivity index (χ2n) is 1.23. The predicted octanol–water partition coefficient (Wildman–Crippen LogP) is 1.61. The molecule has 0 heterocycles. The van der Waals surface area contributed by atoms with Crippen LogP contribution in [0.4, 0.5) is 0 Å². The van der Waals surface area contributed by atoms with E-state index in [-0.39, 0.29) is 5.97 Å². The number of nitrogens with zero attached hydrogens (tertiary/aromatic N) is 1. The highest BCUT2D eigenvalue weighted by molar-refractivity contribution is 5.69. The molecule has 10 heavy (non-hydrogen) atoms. The van der Waals surface area contributed by atoms with Gasteiger partial charge in [0.1, 0.15) is 0 Å². The molecule has 0 aliphatic rings. The lowest BCUT2D eigenvalue weighted by Crippen LogP contribution is -1.94. The molecule has 0 fully saturated rings. The van der Waals surface area contributed by atoms with Crippen LogP contribution >= 0.6 is 0 Å². The van der Waals surface area contributed by atoms with Crippen LogP contribution in [0.25, 0.3) is 0 Å². The van der Waals surface area contributed by atoms with Crippen LogP contribution in [0.5, 0.6) is 0 Å². The number of carbonyl (C=O) groups excluding carboxylic acids is 1. The molecule has 0 amide bonds. The van der Waals surface area contributed by atoms with E-state index in [4.69, 9.17) is 5.26 Å². The van der Waals surface area contributed by atoms with Gasteiger partial charge in [0.2, 0.25) is 0 Å². The highest BCUT2D eigenvalue weighted by Gasteiger charge is 1.89. The predicted molar refractivity (Wildman–Crippen MR) is 37.9 cm³/mol. The van der Waals surface area contributed by atoms with Crippen LogP contribution in [-0.4, -0.2) is 5.97 Å². The molecule has 3 nitrogen and oxygen atoms in total. The van der Waals surface area contributed by atoms with Gasteiger partial charge in [-0.05, 0) is 0 Å². The smallest absolute Gasteiger partial charge is 0.310 e. The van der Waals surface area contributed by atoms with Crippen molar-refractivity contribution < 1.29 is 9.53 Å². The third-order valence-corrected chi connectivity index (χ3v) is 0.503. The number of rotatable bonds is 2. The number of carbonyl (C=O) groups is 1. The molecule has 0 saturated carbocycles. The third-order valence-electron chi connectivity index (χ3n) is 0.503. The average molecular weight is 141 g/mol. The van der Waals surface area contributed by atoms with Crippen molar-refractivity contribution in [2.45, 2.75) is 20.3 Å². The number of hydrogen-bond acceptors (Lipinski definition) is 3. The normalized spacial score (nSPS) is 6.10. The van der Waals surface area contributed by atoms with Crippen molar-refractivity contribution in [3.05, 3.63) is 12.8 Å². The maximum Gasteiger partial charge on any atom is 0.310 e. The van der Waals surface area contributed by atoms with Crippen LogP contribution in [0.2, 0.25) is 0 Å². The summed E-state index contributed by atoms with van der Waals surface area (Å²) in [4.78, 5) is 10.1. The molecule has 0 N–H and O–H groups in total. The zero-order valence-corrected chi connectivity index (χ0v) is 6.26. The summed E-state index contributed by atoms with van der Waals surface area (Å²) >= 11 is 0. The summed E-state index contributed by atoms with van der Waals surface area (Å²) in [5.41, 5.74) is 0. The monoisotopic (exact) mass is 141 g/mol. The molecule has 0 rings (SSSR count). The molecule has 0 aromatic carbocycles. The van der Waals surface area contributed by atoms with Crippen LogP contribution in [0, 0.1) is 11.3 Å². The molecule has 3 heteroatoms. The Morgan fingerprint density at radius 1 is 1.90 bits per heavy atom. The van der Waals surface area contributed by atoms with E-state index in [2.05, 4.69) is 11.3 Å². The van der Waals surface area contributed by atoms with Gasteiger partial charge in [-0.3, -0.25) is 4.79 Å². The van der Waals surface area contributed by atoms with E-state index in [1.165, 1.54) is 6.92 Å². The van der Waals surface area contributed by atoms with E-state index in [1.807, 2.05) is 0 Å². The highest BCUT2D eigenvalue weighted by Crippen LogP contribution is 1.81. The second-order valence-corrected chi connectivity index (χ2v) is 1.23. The molecular formula is C7H11NO2. The van der Waals surface area contributed by atoms with Crippen molar-refractivity contribution >= 4 is 5.97 Å². The molecule has 0 spiro atoms. The van der Waals surface area contributed by atoms with Gasteiger partial charge in [0.15, 0.2) is 0 Å². The summed E-state index contributed by atoms with van der Waals surface area (Å²) in [6.45, 7) is 6.36. The Bertz CT molecular complexity index is 135. The van der Waals surface area contributed by atoms with Crippen LogP contribution in [-0.2, 0) is 9.53 Å². The Hall–Kier alpha value is -1.30. The fourth-order valence-corrected chi connectivity index (χ4v) is 0.176. The summed E-state index contributed by atoms with van der Waals surface area (Å²) in [7, 11) is 0. The Balaban J connectivity index is 0. The first-order valence-electron chi connectivity index (χ1n) is 2.84. The van der Waals surface area contributed by atoms with Crippen molar-refractivity contribution in [2.24, 2.45) is 0 Å². The summed E-state index contributed by atoms with van der Waals surface area (Å²) in [5, 5.41) is 7.32. The van der Waals surface area contributed by atoms with E-state index in [9.17, 15) is 4.79 Å². The largest absolute Gasteiger partial charge is 0.435 e. The minimum Gasteiger partial charge on any atom is -0.435 e. The maximum atomic E-state index is 10.1. The minimum atomic E-state index is -0.241. The van der Waals surface area contributed by atoms with E-state index in [1.54, 1.807) is 13.0 Å². The zero-order chi connectivity index (χ0) is 8.41. The topological polar surface area (TPSA) is 50.1 Å². The first-order chi connectivity index (χ1) is 4.72. The van der Waals surface area contributed by atoms with Crippen LogP contribution in [0.3, 0.4) is 0 Å². The van der Waals surface area contributed by atoms with E-state index < -0.39 is 0 Å². The molecule has 0 atom stereocenters. The molecule has 0 bridgehead atoms. The lowest BCUT2D eigenvalue weighted by Gasteiger charge is -1.88. The molecule has 0 aromatic rings. The quantitative estimate of drug-likeness (QED) is 0.433. The number of hydrogen-bond donors (Lipinski definition) is 0. The summed E-state index contributed by atoms with van der Waals surface area (Å²) in [6.07, 6.45) is 1.54. The summed E-state index contributed by atoms with van der Waals surface area (Å²) in [6, 6.07) is 1.75. The van der Waals surface area contributed by atoms with Gasteiger partial charge in [-0.25, -0.2) is 0 Å². The lowest BCUT2D eigenvalue weighted by molar-refractivity contribution is -0.137. The molecule has 0 aromatic heterocycles. The van der Waals surface area contributed by atoms with Crippen LogP contribution < -0.4 is 0 Å². The first-order valence-corrected chi connectivity index (χ1v) is 2.84. The number of nitriles is 1. The van der Waals surface area contributed by atoms with Crippen LogP contribution in [0.15, 0.2) is 12.8 Å². The van der Waals surface area contributed by atoms with Gasteiger partial charge in [0.05, 0.1) is 12.3 Å². The van der Waals surface area contributed by atoms with Gasteiger partial charge in [-0.2, -0.15) is 5.26 Å². The van der Waals surface area contributed by atoms with Gasteiger partial charge < -0.3 is 4.74 Å². The van der Waals surface area contributed by atoms with Gasteiger partial charge >= 0.3 is 5.97 Å². The van der Waals surface area contributed by atoms with E-state index in [0.717, 1.165) is 6.26 Å². The van der Waals surface area contributed by atoms with Gasteiger partial charge in [-0.1, -0.05) is 13.5 Å². The first kappa shape index (κ1) is 11.5. The Kier molecular flexibility index (Phi) is 12.2. The van der Waals surface area contributed by atoms with Gasteiger partial charge in [0, 0.05) is 13.3 Å². The second kappa shape index (κ2) is 10.6. The molecular weight excluding hydrogens is 130 g/mol. The highest BCUT2D eigenvalue weighted by atomic mass is 16.5. The molecule has 0 unspecified atom stereocenters. The average Bonchev–Trinajstić information content (AvgIpc) is 1.90. The fourth-order valence-electron chi connectivity index (χ4n) is 0.176. The van der Waals surface area contributed by atoms with Gasteiger partial charge in [-0.15, -0.1) is 0 Å². The molecule has 0 radical (unpaired) electrons. The summed E-state index contributed by atoms with van der Waals surface area (Å²) in [5.74, 6) is -0.241. The summed E-state index contributed by atoms with van der Waals surface area (Å²) < 4.78 is 4.32. The van der Waals surface area contributed by atoms with Crippen molar-refractivity contribution in [1.29, 1.82) is 5.26 Å². The van der Waals surface area contributed by atoms with E-state index >= 15 is 0 Å². The van der Waals surface area contributed by atoms with Crippen molar-refractivity contribution in [3.63, 3.8) is 0 Å². The Morgan fingerprint density at radius 2 is 2.30 bits per heavy atom. The molecule has 0 aliphatic carbocycles. The molecule has 0 aliphatic heterocycles. The molecule has 56 valence electrons. The standard InChI is InChI=1S/C5H8O2.C2H3N/c1-3-5(6)7-4-2;1-2-3/h4H,2-3H2,1H3;1H3. The van der Waals surface area contributed by atoms with Gasteiger partial charge in [0.25, 0.3) is 0 Å². The Labute approximate surface area is 60.9 Å². The Morgan fingerprint density at radius 3 is 2.40 bits per heavy atom. The molecule has 0 saturated heterocycles. The maximum absolute atomic E-state index is 10.1. The number of esters is 1.